The molecular weight excluding hydrogens is 306 g/mol. The molecule has 5 heteroatoms. The number of para-hydroxylation sites is 1. The minimum Gasteiger partial charge on any atom is -0.298 e. The van der Waals surface area contributed by atoms with E-state index in [1.54, 1.807) is 18.3 Å². The number of amides is 1. The topological polar surface area (TPSA) is 54.0 Å². The third-order valence-electron chi connectivity index (χ3n) is 3.07. The number of hydrogen-bond acceptors (Lipinski definition) is 4. The highest BCUT2D eigenvalue weighted by Gasteiger charge is 2.13. The first kappa shape index (κ1) is 15.1. The van der Waals surface area contributed by atoms with E-state index >= 15 is 0 Å². The van der Waals surface area contributed by atoms with Gasteiger partial charge < -0.3 is 0 Å². The van der Waals surface area contributed by atoms with E-state index in [9.17, 15) is 4.79 Å². The van der Waals surface area contributed by atoms with Gasteiger partial charge >= 0.3 is 0 Å². The number of nitrogens with zero attached hydrogens (tertiary/aromatic N) is 1. The third kappa shape index (κ3) is 4.11. The maximum atomic E-state index is 12.4. The Morgan fingerprint density at radius 1 is 0.870 bits per heavy atom. The van der Waals surface area contributed by atoms with Crippen molar-refractivity contribution < 1.29 is 4.79 Å². The molecule has 1 aromatic heterocycles. The number of aromatic nitrogens is 1. The monoisotopic (exact) mass is 321 g/mol. The molecule has 0 aliphatic heterocycles. The summed E-state index contributed by atoms with van der Waals surface area (Å²) >= 11 is 1.46. The van der Waals surface area contributed by atoms with Crippen molar-refractivity contribution in [2.24, 2.45) is 0 Å². The highest BCUT2D eigenvalue weighted by Crippen LogP contribution is 2.28. The summed E-state index contributed by atoms with van der Waals surface area (Å²) in [5, 5.41) is 0.672. The average molecular weight is 321 g/mol. The number of carbonyl (C=O) groups excluding carboxylic acids is 1. The predicted octanol–water partition coefficient (Wildman–Crippen LogP) is 3.99. The molecule has 4 nitrogen and oxygen atoms in total. The van der Waals surface area contributed by atoms with Crippen LogP contribution in [-0.4, -0.2) is 10.9 Å². The number of nitrogens with one attached hydrogen (secondary N) is 2. The number of hydrogen-bond donors (Lipinski definition) is 2. The third-order valence-corrected chi connectivity index (χ3v) is 4.09. The van der Waals surface area contributed by atoms with Gasteiger partial charge in [-0.15, -0.1) is 0 Å². The Morgan fingerprint density at radius 2 is 1.57 bits per heavy atom. The van der Waals surface area contributed by atoms with E-state index in [1.807, 2.05) is 60.7 Å². The van der Waals surface area contributed by atoms with Crippen molar-refractivity contribution in [3.63, 3.8) is 0 Å². The molecule has 1 heterocycles. The van der Waals surface area contributed by atoms with Crippen molar-refractivity contribution in [2.75, 3.05) is 5.43 Å². The highest BCUT2D eigenvalue weighted by molar-refractivity contribution is 7.99. The van der Waals surface area contributed by atoms with Crippen LogP contribution in [0.25, 0.3) is 0 Å². The molecule has 0 aliphatic carbocycles. The van der Waals surface area contributed by atoms with Gasteiger partial charge in [-0.3, -0.25) is 15.6 Å². The standard InChI is InChI=1S/C18H15N3OS/c22-17(21-20-14-8-3-1-4-9-14)16-12-7-13-19-18(16)23-15-10-5-2-6-11-15/h1-13,20H,(H,21,22). The molecule has 1 amide bonds. The van der Waals surface area contributed by atoms with Gasteiger partial charge in [0.05, 0.1) is 11.3 Å². The maximum Gasteiger partial charge on any atom is 0.272 e. The fourth-order valence-corrected chi connectivity index (χ4v) is 2.86. The molecule has 0 saturated carbocycles. The lowest BCUT2D eigenvalue weighted by Crippen LogP contribution is -2.29. The van der Waals surface area contributed by atoms with Crippen LogP contribution < -0.4 is 10.9 Å². The largest absolute Gasteiger partial charge is 0.298 e. The summed E-state index contributed by atoms with van der Waals surface area (Å²) in [6.07, 6.45) is 1.69. The second-order valence-corrected chi connectivity index (χ2v) is 5.78. The van der Waals surface area contributed by atoms with Crippen molar-refractivity contribution in [1.29, 1.82) is 0 Å². The molecular formula is C18H15N3OS. The Labute approximate surface area is 138 Å². The van der Waals surface area contributed by atoms with Crippen LogP contribution in [0.1, 0.15) is 10.4 Å². The molecule has 0 radical (unpaired) electrons. The van der Waals surface area contributed by atoms with Crippen LogP contribution in [0, 0.1) is 0 Å². The number of anilines is 1. The summed E-state index contributed by atoms with van der Waals surface area (Å²) < 4.78 is 0. The number of rotatable bonds is 5. The van der Waals surface area contributed by atoms with Gasteiger partial charge in [0.15, 0.2) is 0 Å². The molecule has 0 saturated heterocycles. The number of carbonyl (C=O) groups is 1. The van der Waals surface area contributed by atoms with Gasteiger partial charge in [-0.05, 0) is 36.4 Å². The Kier molecular flexibility index (Phi) is 4.91. The van der Waals surface area contributed by atoms with E-state index in [0.717, 1.165) is 10.6 Å². The quantitative estimate of drug-likeness (QED) is 0.698. The zero-order chi connectivity index (χ0) is 15.9. The number of hydrazine groups is 1. The molecule has 0 aliphatic rings. The smallest absolute Gasteiger partial charge is 0.272 e. The predicted molar refractivity (Wildman–Crippen MR) is 92.3 cm³/mol. The van der Waals surface area contributed by atoms with Crippen LogP contribution in [0.4, 0.5) is 5.69 Å². The van der Waals surface area contributed by atoms with E-state index in [-0.39, 0.29) is 5.91 Å². The summed E-state index contributed by atoms with van der Waals surface area (Å²) in [5.41, 5.74) is 6.95. The van der Waals surface area contributed by atoms with Crippen molar-refractivity contribution in [2.45, 2.75) is 9.92 Å². The SMILES string of the molecule is O=C(NNc1ccccc1)c1cccnc1Sc1ccccc1. The lowest BCUT2D eigenvalue weighted by molar-refractivity contribution is 0.0959. The zero-order valence-corrected chi connectivity index (χ0v) is 13.1. The Bertz CT molecular complexity index is 779. The van der Waals surface area contributed by atoms with Crippen LogP contribution in [0.3, 0.4) is 0 Å². The second-order valence-electron chi connectivity index (χ2n) is 4.72. The van der Waals surface area contributed by atoms with Crippen molar-refractivity contribution in [1.82, 2.24) is 10.4 Å². The van der Waals surface area contributed by atoms with Crippen molar-refractivity contribution in [3.05, 3.63) is 84.6 Å². The molecule has 3 aromatic rings. The van der Waals surface area contributed by atoms with E-state index in [4.69, 9.17) is 0 Å². The van der Waals surface area contributed by atoms with Gasteiger partial charge in [0.25, 0.3) is 5.91 Å². The maximum absolute atomic E-state index is 12.4. The highest BCUT2D eigenvalue weighted by atomic mass is 32.2. The van der Waals surface area contributed by atoms with Gasteiger partial charge in [-0.25, -0.2) is 4.98 Å². The van der Waals surface area contributed by atoms with Gasteiger partial charge in [0, 0.05) is 11.1 Å². The first-order valence-corrected chi connectivity index (χ1v) is 7.94. The summed E-state index contributed by atoms with van der Waals surface area (Å²) in [6, 6.07) is 22.8. The Hall–Kier alpha value is -2.79. The molecule has 3 rings (SSSR count). The minimum absolute atomic E-state index is 0.222. The lowest BCUT2D eigenvalue weighted by atomic mass is 10.3. The zero-order valence-electron chi connectivity index (χ0n) is 12.3. The first-order chi connectivity index (χ1) is 11.3. The lowest BCUT2D eigenvalue weighted by Gasteiger charge is -2.10. The summed E-state index contributed by atoms with van der Waals surface area (Å²) in [4.78, 5) is 17.8. The van der Waals surface area contributed by atoms with Gasteiger partial charge in [-0.2, -0.15) is 0 Å². The number of pyridine rings is 1. The average Bonchev–Trinajstić information content (AvgIpc) is 2.62. The molecule has 23 heavy (non-hydrogen) atoms. The molecule has 2 aromatic carbocycles. The van der Waals surface area contributed by atoms with Gasteiger partial charge in [0.1, 0.15) is 5.03 Å². The van der Waals surface area contributed by atoms with Crippen LogP contribution in [-0.2, 0) is 0 Å². The molecule has 0 unspecified atom stereocenters. The van der Waals surface area contributed by atoms with E-state index in [1.165, 1.54) is 11.8 Å². The molecule has 114 valence electrons. The van der Waals surface area contributed by atoms with Crippen molar-refractivity contribution in [3.8, 4) is 0 Å². The Balaban J connectivity index is 1.73. The fourth-order valence-electron chi connectivity index (χ4n) is 1.96. The van der Waals surface area contributed by atoms with E-state index < -0.39 is 0 Å². The summed E-state index contributed by atoms with van der Waals surface area (Å²) in [5.74, 6) is -0.222. The van der Waals surface area contributed by atoms with Crippen LogP contribution in [0.2, 0.25) is 0 Å². The summed E-state index contributed by atoms with van der Waals surface area (Å²) in [7, 11) is 0. The van der Waals surface area contributed by atoms with Gasteiger partial charge in [-0.1, -0.05) is 48.2 Å². The van der Waals surface area contributed by atoms with Crippen LogP contribution in [0.5, 0.6) is 0 Å². The molecule has 0 atom stereocenters. The molecule has 0 fully saturated rings. The van der Waals surface area contributed by atoms with Crippen LogP contribution >= 0.6 is 11.8 Å². The molecule has 0 bridgehead atoms. The number of benzene rings is 2. The second kappa shape index (κ2) is 7.47. The molecule has 0 spiro atoms. The fraction of sp³-hybridized carbons (Fsp3) is 0. The normalized spacial score (nSPS) is 10.1. The van der Waals surface area contributed by atoms with E-state index in [2.05, 4.69) is 15.8 Å². The summed E-state index contributed by atoms with van der Waals surface area (Å²) in [6.45, 7) is 0. The van der Waals surface area contributed by atoms with Crippen molar-refractivity contribution >= 4 is 23.4 Å². The van der Waals surface area contributed by atoms with Crippen LogP contribution in [0.15, 0.2) is 88.9 Å². The van der Waals surface area contributed by atoms with E-state index in [0.29, 0.717) is 10.6 Å². The first-order valence-electron chi connectivity index (χ1n) is 7.12. The molecule has 2 N–H and O–H groups in total. The minimum atomic E-state index is -0.222. The Morgan fingerprint density at radius 3 is 2.30 bits per heavy atom. The van der Waals surface area contributed by atoms with Gasteiger partial charge in [0.2, 0.25) is 0 Å².